The summed E-state index contributed by atoms with van der Waals surface area (Å²) >= 11 is 0. The van der Waals surface area contributed by atoms with Crippen molar-refractivity contribution in [2.45, 2.75) is 19.8 Å². The van der Waals surface area contributed by atoms with Gasteiger partial charge in [-0.3, -0.25) is 9.59 Å². The Morgan fingerprint density at radius 1 is 1.25 bits per heavy atom. The molecule has 0 N–H and O–H groups in total. The van der Waals surface area contributed by atoms with Crippen molar-refractivity contribution in [1.29, 1.82) is 0 Å². The zero-order chi connectivity index (χ0) is 14.4. The lowest BCUT2D eigenvalue weighted by Gasteiger charge is -1.99. The Hall–Kier alpha value is -2.43. The summed E-state index contributed by atoms with van der Waals surface area (Å²) in [6, 6.07) is 11.2. The number of Topliss-reactive ketones (excluding diaryl/α,β-unsaturated/α-hetero) is 1. The molecule has 0 aliphatic rings. The number of hydrogen-bond acceptors (Lipinski definition) is 5. The second kappa shape index (κ2) is 6.65. The summed E-state index contributed by atoms with van der Waals surface area (Å²) in [7, 11) is 0. The number of benzene rings is 1. The second-order valence-electron chi connectivity index (χ2n) is 4.24. The van der Waals surface area contributed by atoms with Crippen LogP contribution in [0.4, 0.5) is 0 Å². The Kier molecular flexibility index (Phi) is 4.65. The largest absolute Gasteiger partial charge is 0.466 e. The molecule has 104 valence electrons. The molecular weight excluding hydrogens is 258 g/mol. The van der Waals surface area contributed by atoms with Crippen molar-refractivity contribution in [1.82, 2.24) is 5.16 Å². The first-order valence-corrected chi connectivity index (χ1v) is 6.37. The minimum absolute atomic E-state index is 0.0403. The smallest absolute Gasteiger partial charge is 0.313 e. The molecular formula is C15H15NO4. The maximum atomic E-state index is 11.7. The Bertz CT molecular complexity index is 589. The molecule has 0 spiro atoms. The zero-order valence-electron chi connectivity index (χ0n) is 11.2. The molecule has 0 saturated heterocycles. The number of hydrogen-bond donors (Lipinski definition) is 0. The fourth-order valence-corrected chi connectivity index (χ4v) is 1.77. The summed E-state index contributed by atoms with van der Waals surface area (Å²) in [4.78, 5) is 22.8. The van der Waals surface area contributed by atoms with Gasteiger partial charge in [0.15, 0.2) is 5.78 Å². The van der Waals surface area contributed by atoms with Gasteiger partial charge < -0.3 is 9.26 Å². The maximum Gasteiger partial charge on any atom is 0.313 e. The van der Waals surface area contributed by atoms with Gasteiger partial charge in [-0.25, -0.2) is 0 Å². The van der Waals surface area contributed by atoms with Crippen molar-refractivity contribution in [3.05, 3.63) is 42.2 Å². The van der Waals surface area contributed by atoms with E-state index in [0.29, 0.717) is 11.5 Å². The first-order valence-electron chi connectivity index (χ1n) is 6.37. The van der Waals surface area contributed by atoms with E-state index in [1.165, 1.54) is 0 Å². The molecule has 2 rings (SSSR count). The summed E-state index contributed by atoms with van der Waals surface area (Å²) in [5, 5.41) is 3.91. The highest BCUT2D eigenvalue weighted by atomic mass is 16.5. The minimum Gasteiger partial charge on any atom is -0.466 e. The topological polar surface area (TPSA) is 69.4 Å². The number of ketones is 1. The van der Waals surface area contributed by atoms with Crippen LogP contribution in [-0.4, -0.2) is 23.5 Å². The van der Waals surface area contributed by atoms with Crippen molar-refractivity contribution in [2.24, 2.45) is 0 Å². The van der Waals surface area contributed by atoms with E-state index >= 15 is 0 Å². The van der Waals surface area contributed by atoms with Gasteiger partial charge in [-0.2, -0.15) is 0 Å². The van der Waals surface area contributed by atoms with Gasteiger partial charge in [-0.05, 0) is 6.92 Å². The van der Waals surface area contributed by atoms with Gasteiger partial charge in [0, 0.05) is 11.6 Å². The number of aromatic nitrogens is 1. The van der Waals surface area contributed by atoms with E-state index in [1.807, 2.05) is 30.3 Å². The Balaban J connectivity index is 1.96. The van der Waals surface area contributed by atoms with E-state index in [-0.39, 0.29) is 25.2 Å². The standard InChI is InChI=1S/C15H15NO4/c1-2-19-15(18)9-12(17)8-13-10-14(16-20-13)11-6-4-3-5-7-11/h3-7,10H,2,8-9H2,1H3. The highest BCUT2D eigenvalue weighted by Crippen LogP contribution is 2.19. The third-order valence-electron chi connectivity index (χ3n) is 2.65. The third-order valence-corrected chi connectivity index (χ3v) is 2.65. The summed E-state index contributed by atoms with van der Waals surface area (Å²) in [6.07, 6.45) is -0.201. The van der Waals surface area contributed by atoms with E-state index in [2.05, 4.69) is 5.16 Å². The van der Waals surface area contributed by atoms with Crippen LogP contribution in [0.2, 0.25) is 0 Å². The van der Waals surface area contributed by atoms with Crippen LogP contribution in [0.5, 0.6) is 0 Å². The van der Waals surface area contributed by atoms with E-state index in [0.717, 1.165) is 5.56 Å². The number of carbonyl (C=O) groups is 2. The molecule has 1 aromatic carbocycles. The molecule has 0 saturated carbocycles. The van der Waals surface area contributed by atoms with Gasteiger partial charge in [0.2, 0.25) is 0 Å². The van der Waals surface area contributed by atoms with E-state index in [1.54, 1.807) is 13.0 Å². The van der Waals surface area contributed by atoms with Crippen molar-refractivity contribution >= 4 is 11.8 Å². The number of nitrogens with zero attached hydrogens (tertiary/aromatic N) is 1. The molecule has 0 aliphatic carbocycles. The SMILES string of the molecule is CCOC(=O)CC(=O)Cc1cc(-c2ccccc2)no1. The molecule has 0 aliphatic heterocycles. The molecule has 1 aromatic heterocycles. The van der Waals surface area contributed by atoms with Crippen LogP contribution in [0.3, 0.4) is 0 Å². The number of ether oxygens (including phenoxy) is 1. The van der Waals surface area contributed by atoms with Gasteiger partial charge in [-0.15, -0.1) is 0 Å². The molecule has 1 heterocycles. The second-order valence-corrected chi connectivity index (χ2v) is 4.24. The van der Waals surface area contributed by atoms with Crippen molar-refractivity contribution in [3.8, 4) is 11.3 Å². The lowest BCUT2D eigenvalue weighted by atomic mass is 10.1. The Morgan fingerprint density at radius 3 is 2.70 bits per heavy atom. The summed E-state index contributed by atoms with van der Waals surface area (Å²) in [6.45, 7) is 1.97. The van der Waals surface area contributed by atoms with Crippen molar-refractivity contribution < 1.29 is 18.8 Å². The van der Waals surface area contributed by atoms with Crippen LogP contribution in [-0.2, 0) is 20.7 Å². The molecule has 0 bridgehead atoms. The average Bonchev–Trinajstić information content (AvgIpc) is 2.88. The normalized spacial score (nSPS) is 10.2. The lowest BCUT2D eigenvalue weighted by Crippen LogP contribution is -2.12. The Labute approximate surface area is 116 Å². The van der Waals surface area contributed by atoms with Crippen LogP contribution >= 0.6 is 0 Å². The number of rotatable bonds is 6. The predicted octanol–water partition coefficient (Wildman–Crippen LogP) is 2.41. The van der Waals surface area contributed by atoms with Crippen molar-refractivity contribution in [3.63, 3.8) is 0 Å². The number of esters is 1. The first-order chi connectivity index (χ1) is 9.69. The summed E-state index contributed by atoms with van der Waals surface area (Å²) < 4.78 is 9.83. The number of carbonyl (C=O) groups excluding carboxylic acids is 2. The van der Waals surface area contributed by atoms with Crippen LogP contribution in [0.1, 0.15) is 19.1 Å². The fraction of sp³-hybridized carbons (Fsp3) is 0.267. The van der Waals surface area contributed by atoms with Crippen LogP contribution in [0.15, 0.2) is 40.9 Å². The minimum atomic E-state index is -0.514. The quantitative estimate of drug-likeness (QED) is 0.597. The molecule has 5 nitrogen and oxygen atoms in total. The third kappa shape index (κ3) is 3.78. The molecule has 0 atom stereocenters. The molecule has 0 amide bonds. The van der Waals surface area contributed by atoms with Crippen molar-refractivity contribution in [2.75, 3.05) is 6.61 Å². The fourth-order valence-electron chi connectivity index (χ4n) is 1.77. The highest BCUT2D eigenvalue weighted by Gasteiger charge is 2.14. The Morgan fingerprint density at radius 2 is 2.00 bits per heavy atom. The van der Waals surface area contributed by atoms with Gasteiger partial charge in [-0.1, -0.05) is 35.5 Å². The van der Waals surface area contributed by atoms with Gasteiger partial charge in [0.1, 0.15) is 17.9 Å². The molecule has 5 heteroatoms. The molecule has 0 fully saturated rings. The monoisotopic (exact) mass is 273 g/mol. The molecule has 0 radical (unpaired) electrons. The van der Waals surface area contributed by atoms with Crippen LogP contribution in [0.25, 0.3) is 11.3 Å². The van der Waals surface area contributed by atoms with Crippen LogP contribution in [0, 0.1) is 0 Å². The van der Waals surface area contributed by atoms with Crippen LogP contribution < -0.4 is 0 Å². The van der Waals surface area contributed by atoms with E-state index < -0.39 is 5.97 Å². The zero-order valence-corrected chi connectivity index (χ0v) is 11.2. The first kappa shape index (κ1) is 14.0. The molecule has 20 heavy (non-hydrogen) atoms. The van der Waals surface area contributed by atoms with Gasteiger partial charge in [0.25, 0.3) is 0 Å². The average molecular weight is 273 g/mol. The summed E-state index contributed by atoms with van der Waals surface area (Å²) in [5.41, 5.74) is 1.59. The summed E-state index contributed by atoms with van der Waals surface area (Å²) in [5.74, 6) is -0.322. The maximum absolute atomic E-state index is 11.7. The van der Waals surface area contributed by atoms with E-state index in [9.17, 15) is 9.59 Å². The highest BCUT2D eigenvalue weighted by molar-refractivity contribution is 5.96. The van der Waals surface area contributed by atoms with E-state index in [4.69, 9.17) is 9.26 Å². The molecule has 0 unspecified atom stereocenters. The predicted molar refractivity (Wildman–Crippen MR) is 71.9 cm³/mol. The van der Waals surface area contributed by atoms with Gasteiger partial charge in [0.05, 0.1) is 13.0 Å². The lowest BCUT2D eigenvalue weighted by molar-refractivity contribution is -0.145. The van der Waals surface area contributed by atoms with Gasteiger partial charge >= 0.3 is 5.97 Å². The molecule has 2 aromatic rings.